The molecule has 3 aliphatic rings. The third kappa shape index (κ3) is 11.3. The maximum Gasteiger partial charge on any atom is 0.0713 e. The molecule has 0 amide bonds. The van der Waals surface area contributed by atoms with Gasteiger partial charge in [-0.3, -0.25) is 0 Å². The van der Waals surface area contributed by atoms with Crippen molar-refractivity contribution in [3.63, 3.8) is 0 Å². The summed E-state index contributed by atoms with van der Waals surface area (Å²) < 4.78 is 0. The quantitative estimate of drug-likeness (QED) is 0.149. The lowest BCUT2D eigenvalue weighted by Crippen LogP contribution is -2.28. The molecule has 0 aromatic heterocycles. The number of hydrogen-bond donors (Lipinski definition) is 0. The van der Waals surface area contributed by atoms with Crippen LogP contribution in [0.4, 0.5) is 0 Å². The Kier molecular flexibility index (Phi) is 17.3. The van der Waals surface area contributed by atoms with Gasteiger partial charge < -0.3 is 0 Å². The Morgan fingerprint density at radius 3 is 1.39 bits per heavy atom. The first-order valence-corrected chi connectivity index (χ1v) is 28.1. The fourth-order valence-electron chi connectivity index (χ4n) is 11.7. The van der Waals surface area contributed by atoms with Crippen LogP contribution in [0.1, 0.15) is 110 Å². The number of benzene rings is 10. The summed E-state index contributed by atoms with van der Waals surface area (Å²) in [5.41, 5.74) is 27.5. The molecule has 0 heterocycles. The molecule has 0 N–H and O–H groups in total. The molecule has 10 aromatic rings. The normalized spacial score (nSPS) is 13.4. The third-order valence-corrected chi connectivity index (χ3v) is 15.9. The molecule has 0 fully saturated rings. The van der Waals surface area contributed by atoms with Gasteiger partial charge in [-0.1, -0.05) is 326 Å². The Bertz CT molecular complexity index is 3690. The van der Waals surface area contributed by atoms with E-state index in [-0.39, 0.29) is 18.3 Å². The van der Waals surface area contributed by atoms with Crippen LogP contribution in [-0.2, 0) is 10.8 Å². The van der Waals surface area contributed by atoms with Crippen molar-refractivity contribution < 1.29 is 0 Å². The van der Waals surface area contributed by atoms with E-state index in [1.807, 2.05) is 0 Å². The van der Waals surface area contributed by atoms with Crippen LogP contribution < -0.4 is 0 Å². The summed E-state index contributed by atoms with van der Waals surface area (Å²) in [7, 11) is 0. The van der Waals surface area contributed by atoms with E-state index in [9.17, 15) is 0 Å². The highest BCUT2D eigenvalue weighted by atomic mass is 14.5. The zero-order chi connectivity index (χ0) is 54.1. The lowest BCUT2D eigenvalue weighted by atomic mass is 9.67. The van der Waals surface area contributed by atoms with Crippen LogP contribution in [0.2, 0.25) is 0 Å². The summed E-state index contributed by atoms with van der Waals surface area (Å²) in [5, 5.41) is 0. The minimum absolute atomic E-state index is 0. The van der Waals surface area contributed by atoms with Crippen molar-refractivity contribution >= 4 is 5.57 Å². The van der Waals surface area contributed by atoms with Gasteiger partial charge >= 0.3 is 0 Å². The van der Waals surface area contributed by atoms with Gasteiger partial charge in [0.25, 0.3) is 0 Å². The predicted octanol–water partition coefficient (Wildman–Crippen LogP) is 22.0. The molecule has 0 radical (unpaired) electrons. The average molecular weight is 1030 g/mol. The first-order chi connectivity index (χ1) is 38.1. The van der Waals surface area contributed by atoms with E-state index < -0.39 is 0 Å². The summed E-state index contributed by atoms with van der Waals surface area (Å²) in [6.07, 6.45) is 14.4. The predicted molar refractivity (Wildman–Crippen MR) is 343 cm³/mol. The molecule has 0 atom stereocenters. The molecule has 0 spiro atoms. The standard InChI is InChI=1S/C44H32.C16H16.C14H14.C4H10.CH4/c1-31-29-43-41(39-23-13-14-24-42(39)44(43,35-17-7-3-8-18-35)36-19-9-4-10-20-36)30-40(31)34-27-25-33(26-28-34)38-22-12-11-21-37(38)32-15-5-2-6-16-32;1-11-8-9-13-12-6-4-5-7-14(12)16(2,3)15(13)10-11;1-12-8-10-14(11-9-12)13-6-4-2-3-5-7-13;1-3-4-2;/h2-30H,1H3;4-10H,1-3H3;2-4,6-11H,5H2,1H3;3-4H2,1-2H3;1H4. The highest BCUT2D eigenvalue weighted by molar-refractivity contribution is 5.91. The van der Waals surface area contributed by atoms with Crippen LogP contribution >= 0.6 is 0 Å². The first-order valence-electron chi connectivity index (χ1n) is 28.1. The molecule has 0 heteroatoms. The van der Waals surface area contributed by atoms with E-state index in [0.717, 1.165) is 6.42 Å². The summed E-state index contributed by atoms with van der Waals surface area (Å²) >= 11 is 0. The van der Waals surface area contributed by atoms with Gasteiger partial charge in [-0.05, 0) is 139 Å². The maximum atomic E-state index is 2.45. The van der Waals surface area contributed by atoms with Crippen LogP contribution in [0, 0.1) is 20.8 Å². The molecule has 392 valence electrons. The molecule has 0 nitrogen and oxygen atoms in total. The number of fused-ring (bicyclic) bond motifs is 6. The third-order valence-electron chi connectivity index (χ3n) is 15.9. The van der Waals surface area contributed by atoms with Crippen molar-refractivity contribution in [1.82, 2.24) is 0 Å². The van der Waals surface area contributed by atoms with Crippen LogP contribution in [0.5, 0.6) is 0 Å². The van der Waals surface area contributed by atoms with Gasteiger partial charge in [0.1, 0.15) is 0 Å². The van der Waals surface area contributed by atoms with E-state index >= 15 is 0 Å². The van der Waals surface area contributed by atoms with Crippen molar-refractivity contribution in [3.8, 4) is 55.6 Å². The fourth-order valence-corrected chi connectivity index (χ4v) is 11.7. The second-order valence-electron chi connectivity index (χ2n) is 21.5. The smallest absolute Gasteiger partial charge is 0.0713 e. The van der Waals surface area contributed by atoms with Gasteiger partial charge in [-0.15, -0.1) is 0 Å². The minimum Gasteiger partial charge on any atom is -0.0807 e. The van der Waals surface area contributed by atoms with E-state index in [4.69, 9.17) is 0 Å². The maximum absolute atomic E-state index is 2.45. The molecule has 0 saturated heterocycles. The van der Waals surface area contributed by atoms with Gasteiger partial charge in [-0.25, -0.2) is 0 Å². The second-order valence-corrected chi connectivity index (χ2v) is 21.5. The average Bonchev–Trinajstić information content (AvgIpc) is 3.98. The van der Waals surface area contributed by atoms with Gasteiger partial charge in [-0.2, -0.15) is 0 Å². The summed E-state index contributed by atoms with van der Waals surface area (Å²) in [5.74, 6) is 0. The lowest BCUT2D eigenvalue weighted by Gasteiger charge is -2.34. The lowest BCUT2D eigenvalue weighted by molar-refractivity contribution is 0.660. The van der Waals surface area contributed by atoms with E-state index in [2.05, 4.69) is 322 Å². The largest absolute Gasteiger partial charge is 0.0807 e. The molecule has 0 aliphatic heterocycles. The Morgan fingerprint density at radius 1 is 0.354 bits per heavy atom. The topological polar surface area (TPSA) is 0 Å². The first kappa shape index (κ1) is 55.2. The second kappa shape index (κ2) is 24.8. The SMILES string of the molecule is C.CCCC.Cc1cc2c(cc1-c1ccc(-c3ccccc3-c3ccccc3)cc1)-c1ccccc1C2(c1ccccc1)c1ccccc1.Cc1ccc(C2=CCC=CC=C2)cc1.Cc1ccc2c(c1)C(C)(C)c1ccccc1-2. The number of unbranched alkanes of at least 4 members (excludes halogenated alkanes) is 1. The van der Waals surface area contributed by atoms with Gasteiger partial charge in [0.15, 0.2) is 0 Å². The van der Waals surface area contributed by atoms with Gasteiger partial charge in [0.2, 0.25) is 0 Å². The number of aryl methyl sites for hydroxylation is 3. The van der Waals surface area contributed by atoms with E-state index in [0.29, 0.717) is 0 Å². The van der Waals surface area contributed by atoms with Crippen LogP contribution in [0.15, 0.2) is 273 Å². The number of hydrogen-bond acceptors (Lipinski definition) is 0. The summed E-state index contributed by atoms with van der Waals surface area (Å²) in [6, 6.07) is 88.6. The van der Waals surface area contributed by atoms with Crippen LogP contribution in [-0.4, -0.2) is 0 Å². The summed E-state index contributed by atoms with van der Waals surface area (Å²) in [6.45, 7) is 15.5. The molecular weight excluding hydrogens is 949 g/mol. The Hall–Kier alpha value is -8.58. The minimum atomic E-state index is -0.372. The molecule has 3 aliphatic carbocycles. The highest BCUT2D eigenvalue weighted by Crippen LogP contribution is 2.57. The van der Waals surface area contributed by atoms with Crippen molar-refractivity contribution in [2.45, 2.75) is 86.0 Å². The van der Waals surface area contributed by atoms with Crippen molar-refractivity contribution in [1.29, 1.82) is 0 Å². The van der Waals surface area contributed by atoms with Crippen molar-refractivity contribution in [3.05, 3.63) is 329 Å². The molecule has 0 bridgehead atoms. The molecular formula is C79H76. The fraction of sp³-hybridized carbons (Fsp3) is 0.165. The number of allylic oxidation sites excluding steroid dienone is 6. The zero-order valence-electron chi connectivity index (χ0n) is 46.6. The molecule has 0 unspecified atom stereocenters. The van der Waals surface area contributed by atoms with Crippen molar-refractivity contribution in [2.75, 3.05) is 0 Å². The summed E-state index contributed by atoms with van der Waals surface area (Å²) in [4.78, 5) is 0. The Labute approximate surface area is 473 Å². The number of rotatable bonds is 7. The molecule has 0 saturated carbocycles. The van der Waals surface area contributed by atoms with Crippen LogP contribution in [0.25, 0.3) is 61.2 Å². The molecule has 10 aromatic carbocycles. The van der Waals surface area contributed by atoms with Crippen LogP contribution in [0.3, 0.4) is 0 Å². The molecule has 13 rings (SSSR count). The van der Waals surface area contributed by atoms with Gasteiger partial charge in [0, 0.05) is 5.41 Å². The van der Waals surface area contributed by atoms with E-state index in [1.54, 1.807) is 0 Å². The Balaban J connectivity index is 0.000000175. The zero-order valence-corrected chi connectivity index (χ0v) is 46.6. The van der Waals surface area contributed by atoms with Gasteiger partial charge in [0.05, 0.1) is 5.41 Å². The monoisotopic (exact) mass is 1020 g/mol. The highest BCUT2D eigenvalue weighted by Gasteiger charge is 2.46. The Morgan fingerprint density at radius 2 is 0.810 bits per heavy atom. The molecule has 79 heavy (non-hydrogen) atoms. The van der Waals surface area contributed by atoms with E-state index in [1.165, 1.54) is 130 Å². The van der Waals surface area contributed by atoms with Crippen molar-refractivity contribution in [2.24, 2.45) is 0 Å².